The van der Waals surface area contributed by atoms with Gasteiger partial charge in [-0.15, -0.1) is 11.3 Å². The number of benzene rings is 1. The second-order valence-corrected chi connectivity index (χ2v) is 10.3. The molecule has 3 N–H and O–H groups in total. The molecule has 1 unspecified atom stereocenters. The van der Waals surface area contributed by atoms with E-state index >= 15 is 0 Å². The van der Waals surface area contributed by atoms with E-state index in [1.54, 1.807) is 32.0 Å². The summed E-state index contributed by atoms with van der Waals surface area (Å²) in [7, 11) is -1.79. The van der Waals surface area contributed by atoms with E-state index in [2.05, 4.69) is 10.0 Å². The van der Waals surface area contributed by atoms with Crippen molar-refractivity contribution < 1.29 is 18.5 Å². The van der Waals surface area contributed by atoms with Crippen molar-refractivity contribution in [2.75, 3.05) is 5.32 Å². The number of thiophene rings is 1. The molecule has 1 aromatic heterocycles. The number of anilines is 1. The van der Waals surface area contributed by atoms with Crippen molar-refractivity contribution in [2.24, 2.45) is 0 Å². The molecule has 2 aromatic rings. The molecule has 0 saturated carbocycles. The van der Waals surface area contributed by atoms with Crippen molar-refractivity contribution in [3.63, 3.8) is 0 Å². The minimum atomic E-state index is -1.79. The standard InChI is InChI=1S/C20H27FN2O3S2/c1-11(2)13-7-8-14(21)17(12(3)4)18(13)22-19(24)23-28(26)16-10-9-15(27-16)20(5,6)25/h7-12,25H,1-6H3,(H2,22,23,24). The van der Waals surface area contributed by atoms with Crippen molar-refractivity contribution in [1.29, 1.82) is 0 Å². The minimum absolute atomic E-state index is 0.0746. The Hall–Kier alpha value is -1.77. The normalized spacial score (nSPS) is 13.1. The van der Waals surface area contributed by atoms with E-state index in [0.717, 1.165) is 16.9 Å². The smallest absolute Gasteiger partial charge is 0.331 e. The topological polar surface area (TPSA) is 78.4 Å². The number of carbonyl (C=O) groups is 1. The molecule has 2 rings (SSSR count). The third kappa shape index (κ3) is 5.18. The van der Waals surface area contributed by atoms with Crippen LogP contribution in [0, 0.1) is 5.82 Å². The molecule has 0 aliphatic rings. The summed E-state index contributed by atoms with van der Waals surface area (Å²) in [6.07, 6.45) is 0. The number of rotatable bonds is 6. The van der Waals surface area contributed by atoms with Crippen LogP contribution in [0.15, 0.2) is 28.5 Å². The van der Waals surface area contributed by atoms with Crippen LogP contribution in [0.1, 0.15) is 69.4 Å². The van der Waals surface area contributed by atoms with E-state index in [-0.39, 0.29) is 17.7 Å². The highest BCUT2D eigenvalue weighted by atomic mass is 32.2. The van der Waals surface area contributed by atoms with Gasteiger partial charge >= 0.3 is 6.03 Å². The molecule has 0 radical (unpaired) electrons. The van der Waals surface area contributed by atoms with Gasteiger partial charge in [0.25, 0.3) is 0 Å². The maximum atomic E-state index is 14.4. The molecule has 28 heavy (non-hydrogen) atoms. The van der Waals surface area contributed by atoms with E-state index in [1.165, 1.54) is 6.07 Å². The van der Waals surface area contributed by atoms with Gasteiger partial charge in [0, 0.05) is 10.4 Å². The van der Waals surface area contributed by atoms with E-state index in [9.17, 15) is 18.5 Å². The van der Waals surface area contributed by atoms with Crippen LogP contribution in [-0.4, -0.2) is 15.3 Å². The molecular weight excluding hydrogens is 399 g/mol. The summed E-state index contributed by atoms with van der Waals surface area (Å²) in [6, 6.07) is 5.68. The lowest BCUT2D eigenvalue weighted by Gasteiger charge is -2.21. The molecule has 0 aliphatic heterocycles. The molecule has 0 aliphatic carbocycles. The van der Waals surface area contributed by atoms with Gasteiger partial charge in [0.05, 0.1) is 11.3 Å². The molecule has 8 heteroatoms. The Kier molecular flexibility index (Phi) is 7.01. The van der Waals surface area contributed by atoms with Gasteiger partial charge in [-0.1, -0.05) is 33.8 Å². The number of aliphatic hydroxyl groups is 1. The highest BCUT2D eigenvalue weighted by Gasteiger charge is 2.23. The lowest BCUT2D eigenvalue weighted by molar-refractivity contribution is 0.0825. The fraction of sp³-hybridized carbons (Fsp3) is 0.450. The Bertz CT molecular complexity index is 886. The highest BCUT2D eigenvalue weighted by Crippen LogP contribution is 2.34. The first-order valence-electron chi connectivity index (χ1n) is 9.06. The van der Waals surface area contributed by atoms with Crippen LogP contribution < -0.4 is 10.0 Å². The van der Waals surface area contributed by atoms with Crippen LogP contribution in [0.25, 0.3) is 0 Å². The third-order valence-corrected chi connectivity index (χ3v) is 6.98. The van der Waals surface area contributed by atoms with Gasteiger partial charge < -0.3 is 10.4 Å². The number of hydrogen-bond acceptors (Lipinski definition) is 4. The Morgan fingerprint density at radius 2 is 1.79 bits per heavy atom. The number of urea groups is 1. The first-order valence-corrected chi connectivity index (χ1v) is 11.0. The van der Waals surface area contributed by atoms with Crippen molar-refractivity contribution in [3.05, 3.63) is 46.1 Å². The lowest BCUT2D eigenvalue weighted by Crippen LogP contribution is -2.31. The van der Waals surface area contributed by atoms with Crippen molar-refractivity contribution in [1.82, 2.24) is 4.72 Å². The molecule has 1 atom stereocenters. The third-order valence-electron chi connectivity index (χ3n) is 4.21. The van der Waals surface area contributed by atoms with Gasteiger partial charge in [-0.25, -0.2) is 13.4 Å². The zero-order valence-corrected chi connectivity index (χ0v) is 18.6. The van der Waals surface area contributed by atoms with Gasteiger partial charge in [0.15, 0.2) is 11.0 Å². The Labute approximate surface area is 172 Å². The fourth-order valence-electron chi connectivity index (χ4n) is 2.82. The van der Waals surface area contributed by atoms with Crippen molar-refractivity contribution in [3.8, 4) is 0 Å². The molecule has 1 aromatic carbocycles. The summed E-state index contributed by atoms with van der Waals surface area (Å²) in [5, 5.41) is 12.7. The highest BCUT2D eigenvalue weighted by molar-refractivity contribution is 7.86. The van der Waals surface area contributed by atoms with Crippen LogP contribution in [-0.2, 0) is 16.6 Å². The van der Waals surface area contributed by atoms with Crippen LogP contribution in [0.2, 0.25) is 0 Å². The summed E-state index contributed by atoms with van der Waals surface area (Å²) in [4.78, 5) is 13.1. The monoisotopic (exact) mass is 426 g/mol. The van der Waals surface area contributed by atoms with Gasteiger partial charge in [-0.05, 0) is 49.4 Å². The number of amides is 2. The van der Waals surface area contributed by atoms with Crippen LogP contribution in [0.5, 0.6) is 0 Å². The zero-order valence-electron chi connectivity index (χ0n) is 16.9. The molecule has 5 nitrogen and oxygen atoms in total. The van der Waals surface area contributed by atoms with Gasteiger partial charge in [-0.3, -0.25) is 4.72 Å². The maximum Gasteiger partial charge on any atom is 0.331 e. The largest absolute Gasteiger partial charge is 0.385 e. The average molecular weight is 427 g/mol. The molecule has 0 fully saturated rings. The molecule has 154 valence electrons. The van der Waals surface area contributed by atoms with Gasteiger partial charge in [0.1, 0.15) is 10.0 Å². The summed E-state index contributed by atoms with van der Waals surface area (Å²) >= 11 is 1.16. The van der Waals surface area contributed by atoms with Crippen LogP contribution in [0.3, 0.4) is 0 Å². The molecule has 1 heterocycles. The molecule has 0 saturated heterocycles. The van der Waals surface area contributed by atoms with E-state index in [0.29, 0.717) is 20.3 Å². The molecular formula is C20H27FN2O3S2. The number of carbonyl (C=O) groups excluding carboxylic acids is 1. The lowest BCUT2D eigenvalue weighted by atomic mass is 9.92. The van der Waals surface area contributed by atoms with Crippen molar-refractivity contribution in [2.45, 2.75) is 63.2 Å². The number of halogens is 1. The van der Waals surface area contributed by atoms with E-state index < -0.39 is 22.6 Å². The van der Waals surface area contributed by atoms with Gasteiger partial charge in [0.2, 0.25) is 0 Å². The summed E-state index contributed by atoms with van der Waals surface area (Å²) in [5.74, 6) is -0.444. The van der Waals surface area contributed by atoms with Gasteiger partial charge in [-0.2, -0.15) is 0 Å². The summed E-state index contributed by atoms with van der Waals surface area (Å²) < 4.78 is 29.7. The second kappa shape index (κ2) is 8.71. The van der Waals surface area contributed by atoms with E-state index in [4.69, 9.17) is 0 Å². The van der Waals surface area contributed by atoms with Crippen LogP contribution in [0.4, 0.5) is 14.9 Å². The SMILES string of the molecule is CC(C)c1ccc(F)c(C(C)C)c1NC(=O)NS(=O)c1ccc(C(C)(C)O)s1. The zero-order chi connectivity index (χ0) is 21.2. The van der Waals surface area contributed by atoms with Crippen LogP contribution >= 0.6 is 11.3 Å². The number of hydrogen-bond donors (Lipinski definition) is 3. The maximum absolute atomic E-state index is 14.4. The first-order chi connectivity index (χ1) is 12.9. The summed E-state index contributed by atoms with van der Waals surface area (Å²) in [6.45, 7) is 10.9. The first kappa shape index (κ1) is 22.5. The number of nitrogens with one attached hydrogen (secondary N) is 2. The second-order valence-electron chi connectivity index (χ2n) is 7.74. The predicted molar refractivity (Wildman–Crippen MR) is 113 cm³/mol. The Balaban J connectivity index is 2.24. The fourth-order valence-corrected chi connectivity index (χ4v) is 4.77. The molecule has 0 bridgehead atoms. The quantitative estimate of drug-likeness (QED) is 0.594. The van der Waals surface area contributed by atoms with E-state index in [1.807, 2.05) is 27.7 Å². The Morgan fingerprint density at radius 1 is 1.14 bits per heavy atom. The minimum Gasteiger partial charge on any atom is -0.385 e. The summed E-state index contributed by atoms with van der Waals surface area (Å²) in [5.41, 5.74) is 0.608. The van der Waals surface area contributed by atoms with Crippen molar-refractivity contribution >= 4 is 34.0 Å². The predicted octanol–water partition coefficient (Wildman–Crippen LogP) is 5.21. The molecule has 2 amide bonds. The Morgan fingerprint density at radius 3 is 2.29 bits per heavy atom. The average Bonchev–Trinajstić information content (AvgIpc) is 3.04. The molecule has 0 spiro atoms.